The van der Waals surface area contributed by atoms with Gasteiger partial charge in [0.05, 0.1) is 15.6 Å². The van der Waals surface area contributed by atoms with Crippen LogP contribution in [-0.2, 0) is 0 Å². The van der Waals surface area contributed by atoms with Gasteiger partial charge in [0.1, 0.15) is 6.04 Å². The number of aromatic nitrogens is 1. The Bertz CT molecular complexity index is 322. The summed E-state index contributed by atoms with van der Waals surface area (Å²) in [5.41, 5.74) is 1.05. The number of hydrogen-bond donors (Lipinski definition) is 1. The van der Waals surface area contributed by atoms with Crippen LogP contribution in [0, 0.1) is 26.2 Å². The van der Waals surface area contributed by atoms with E-state index >= 15 is 0 Å². The molecule has 0 amide bonds. The van der Waals surface area contributed by atoms with Gasteiger partial charge in [-0.15, -0.1) is 17.8 Å². The lowest BCUT2D eigenvalue weighted by Crippen LogP contribution is -2.18. The Kier molecular flexibility index (Phi) is 3.47. The maximum absolute atomic E-state index is 5.44. The Morgan fingerprint density at radius 3 is 2.69 bits per heavy atom. The first-order valence-electron chi connectivity index (χ1n) is 4.32. The maximum Gasteiger partial charge on any atom is 0.105 e. The van der Waals surface area contributed by atoms with Crippen molar-refractivity contribution >= 4 is 11.3 Å². The van der Waals surface area contributed by atoms with Crippen LogP contribution < -0.4 is 5.32 Å². The van der Waals surface area contributed by atoms with Crippen LogP contribution in [0.3, 0.4) is 0 Å². The highest BCUT2D eigenvalue weighted by molar-refractivity contribution is 7.11. The van der Waals surface area contributed by atoms with Crippen molar-refractivity contribution in [2.24, 2.45) is 0 Å². The zero-order valence-electron chi connectivity index (χ0n) is 8.22. The second kappa shape index (κ2) is 4.40. The minimum absolute atomic E-state index is 0.0243. The highest BCUT2D eigenvalue weighted by Gasteiger charge is 2.13. The molecule has 2 nitrogen and oxygen atoms in total. The van der Waals surface area contributed by atoms with E-state index in [0.29, 0.717) is 0 Å². The maximum atomic E-state index is 5.44. The van der Waals surface area contributed by atoms with Crippen LogP contribution in [0.2, 0.25) is 0 Å². The van der Waals surface area contributed by atoms with Crippen molar-refractivity contribution < 1.29 is 0 Å². The van der Waals surface area contributed by atoms with E-state index in [9.17, 15) is 0 Å². The molecular weight excluding hydrogens is 180 g/mol. The zero-order chi connectivity index (χ0) is 9.84. The fourth-order valence-electron chi connectivity index (χ4n) is 1.25. The number of hydrogen-bond acceptors (Lipinski definition) is 3. The van der Waals surface area contributed by atoms with Crippen molar-refractivity contribution in [3.63, 3.8) is 0 Å². The molecule has 0 saturated heterocycles. The fraction of sp³-hybridized carbons (Fsp3) is 0.500. The highest BCUT2D eigenvalue weighted by Crippen LogP contribution is 2.23. The molecule has 1 N–H and O–H groups in total. The number of rotatable bonds is 3. The molecule has 0 aromatic carbocycles. The van der Waals surface area contributed by atoms with E-state index in [1.807, 2.05) is 20.8 Å². The highest BCUT2D eigenvalue weighted by atomic mass is 32.1. The molecule has 1 aromatic heterocycles. The van der Waals surface area contributed by atoms with Gasteiger partial charge in [0, 0.05) is 0 Å². The van der Waals surface area contributed by atoms with Crippen LogP contribution in [0.5, 0.6) is 0 Å². The molecule has 0 radical (unpaired) electrons. The molecule has 1 unspecified atom stereocenters. The average Bonchev–Trinajstić information content (AvgIpc) is 2.41. The summed E-state index contributed by atoms with van der Waals surface area (Å²) in [5.74, 6) is 2.73. The van der Waals surface area contributed by atoms with Gasteiger partial charge in [0.15, 0.2) is 0 Å². The second-order valence-electron chi connectivity index (χ2n) is 2.84. The summed E-state index contributed by atoms with van der Waals surface area (Å²) in [7, 11) is 0. The van der Waals surface area contributed by atoms with E-state index in [1.165, 1.54) is 4.88 Å². The van der Waals surface area contributed by atoms with Crippen molar-refractivity contribution in [3.8, 4) is 12.3 Å². The predicted octanol–water partition coefficient (Wildman–Crippen LogP) is 2.04. The summed E-state index contributed by atoms with van der Waals surface area (Å²) in [6.07, 6.45) is 5.44. The largest absolute Gasteiger partial charge is 0.300 e. The third kappa shape index (κ3) is 2.30. The van der Waals surface area contributed by atoms with Crippen molar-refractivity contribution in [1.82, 2.24) is 10.3 Å². The quantitative estimate of drug-likeness (QED) is 0.745. The Morgan fingerprint density at radius 2 is 2.31 bits per heavy atom. The Hall–Kier alpha value is -0.850. The summed E-state index contributed by atoms with van der Waals surface area (Å²) in [6.45, 7) is 6.93. The van der Waals surface area contributed by atoms with Crippen molar-refractivity contribution in [2.45, 2.75) is 26.8 Å². The van der Waals surface area contributed by atoms with Gasteiger partial charge in [-0.05, 0) is 20.4 Å². The van der Waals surface area contributed by atoms with E-state index in [1.54, 1.807) is 11.3 Å². The molecule has 1 rings (SSSR count). The smallest absolute Gasteiger partial charge is 0.105 e. The lowest BCUT2D eigenvalue weighted by molar-refractivity contribution is 0.669. The van der Waals surface area contributed by atoms with Gasteiger partial charge >= 0.3 is 0 Å². The number of nitrogens with one attached hydrogen (secondary N) is 1. The average molecular weight is 194 g/mol. The topological polar surface area (TPSA) is 24.9 Å². The van der Waals surface area contributed by atoms with E-state index in [-0.39, 0.29) is 6.04 Å². The minimum Gasteiger partial charge on any atom is -0.300 e. The van der Waals surface area contributed by atoms with Crippen LogP contribution in [0.1, 0.15) is 28.5 Å². The fourth-order valence-corrected chi connectivity index (χ4v) is 2.21. The summed E-state index contributed by atoms with van der Waals surface area (Å²) in [4.78, 5) is 5.51. The summed E-state index contributed by atoms with van der Waals surface area (Å²) in [5, 5.41) is 4.31. The van der Waals surface area contributed by atoms with Gasteiger partial charge in [-0.2, -0.15) is 0 Å². The first-order valence-corrected chi connectivity index (χ1v) is 5.14. The lowest BCUT2D eigenvalue weighted by atomic mass is 10.2. The van der Waals surface area contributed by atoms with Gasteiger partial charge < -0.3 is 0 Å². The van der Waals surface area contributed by atoms with Gasteiger partial charge in [-0.25, -0.2) is 4.98 Å². The minimum atomic E-state index is 0.0243. The van der Waals surface area contributed by atoms with E-state index in [4.69, 9.17) is 6.42 Å². The normalized spacial score (nSPS) is 12.5. The second-order valence-corrected chi connectivity index (χ2v) is 4.07. The number of terminal acetylenes is 1. The standard InChI is InChI=1S/C10H14N2S/c1-5-9(11-6-2)10-7(3)12-8(4)13-10/h1,9,11H,6H2,2-4H3. The number of nitrogens with zero attached hydrogens (tertiary/aromatic N) is 1. The van der Waals surface area contributed by atoms with Crippen LogP contribution >= 0.6 is 11.3 Å². The zero-order valence-corrected chi connectivity index (χ0v) is 9.03. The van der Waals surface area contributed by atoms with Crippen LogP contribution in [0.4, 0.5) is 0 Å². The number of aryl methyl sites for hydroxylation is 2. The first-order chi connectivity index (χ1) is 6.19. The molecule has 1 heterocycles. The van der Waals surface area contributed by atoms with Gasteiger partial charge in [0.2, 0.25) is 0 Å². The summed E-state index contributed by atoms with van der Waals surface area (Å²) in [6, 6.07) is 0.0243. The Labute approximate surface area is 83.4 Å². The van der Waals surface area contributed by atoms with E-state index < -0.39 is 0 Å². The molecule has 0 bridgehead atoms. The van der Waals surface area contributed by atoms with E-state index in [0.717, 1.165) is 17.2 Å². The van der Waals surface area contributed by atoms with Crippen molar-refractivity contribution in [1.29, 1.82) is 0 Å². The molecule has 0 aliphatic carbocycles. The predicted molar refractivity (Wildman–Crippen MR) is 56.8 cm³/mol. The van der Waals surface area contributed by atoms with E-state index in [2.05, 4.69) is 16.2 Å². The molecule has 0 aliphatic heterocycles. The van der Waals surface area contributed by atoms with Crippen LogP contribution in [0.15, 0.2) is 0 Å². The first kappa shape index (κ1) is 10.2. The molecule has 0 spiro atoms. The van der Waals surface area contributed by atoms with Gasteiger partial charge in [-0.1, -0.05) is 12.8 Å². The number of thiazole rings is 1. The summed E-state index contributed by atoms with van der Waals surface area (Å²) >= 11 is 1.67. The molecule has 0 aliphatic rings. The molecule has 0 saturated carbocycles. The van der Waals surface area contributed by atoms with Crippen LogP contribution in [-0.4, -0.2) is 11.5 Å². The molecule has 13 heavy (non-hydrogen) atoms. The molecular formula is C10H14N2S. The summed E-state index contributed by atoms with van der Waals surface area (Å²) < 4.78 is 0. The van der Waals surface area contributed by atoms with Gasteiger partial charge in [-0.3, -0.25) is 5.32 Å². The third-order valence-corrected chi connectivity index (χ3v) is 2.91. The lowest BCUT2D eigenvalue weighted by Gasteiger charge is -2.09. The molecule has 1 atom stereocenters. The third-order valence-electron chi connectivity index (χ3n) is 1.78. The van der Waals surface area contributed by atoms with Crippen molar-refractivity contribution in [3.05, 3.63) is 15.6 Å². The van der Waals surface area contributed by atoms with Gasteiger partial charge in [0.25, 0.3) is 0 Å². The Balaban J connectivity index is 2.92. The molecule has 3 heteroatoms. The van der Waals surface area contributed by atoms with Crippen molar-refractivity contribution in [2.75, 3.05) is 6.54 Å². The molecule has 1 aromatic rings. The van der Waals surface area contributed by atoms with Crippen LogP contribution in [0.25, 0.3) is 0 Å². The molecule has 70 valence electrons. The monoisotopic (exact) mass is 194 g/mol. The Morgan fingerprint density at radius 1 is 1.62 bits per heavy atom. The SMILES string of the molecule is C#CC(NCC)c1sc(C)nc1C. The molecule has 0 fully saturated rings.